The molecule has 140 valence electrons. The average molecular weight is 388 g/mol. The third kappa shape index (κ3) is 4.06. The van der Waals surface area contributed by atoms with E-state index in [2.05, 4.69) is 30.8 Å². The summed E-state index contributed by atoms with van der Waals surface area (Å²) in [4.78, 5) is 20.1. The van der Waals surface area contributed by atoms with Gasteiger partial charge in [-0.1, -0.05) is 12.1 Å². The van der Waals surface area contributed by atoms with Crippen LogP contribution >= 0.6 is 0 Å². The van der Waals surface area contributed by atoms with Gasteiger partial charge in [-0.3, -0.25) is 5.32 Å². The first-order chi connectivity index (χ1) is 12.8. The number of nitrogens with one attached hydrogen (secondary N) is 2. The Morgan fingerprint density at radius 2 is 1.78 bits per heavy atom. The number of anilines is 1. The maximum Gasteiger partial charge on any atom is 0.335 e. The second kappa shape index (κ2) is 7.07. The van der Waals surface area contributed by atoms with Crippen molar-refractivity contribution in [2.24, 2.45) is 7.05 Å². The van der Waals surface area contributed by atoms with Gasteiger partial charge in [-0.05, 0) is 42.5 Å². The maximum atomic E-state index is 12.7. The fourth-order valence-corrected chi connectivity index (χ4v) is 3.54. The van der Waals surface area contributed by atoms with Crippen LogP contribution in [0.2, 0.25) is 0 Å². The molecule has 0 bridgehead atoms. The molecule has 0 radical (unpaired) electrons. The van der Waals surface area contributed by atoms with Crippen LogP contribution in [0.3, 0.4) is 0 Å². The molecule has 2 heterocycles. The van der Waals surface area contributed by atoms with Crippen LogP contribution in [0.5, 0.6) is 0 Å². The Morgan fingerprint density at radius 1 is 1.11 bits per heavy atom. The maximum absolute atomic E-state index is 12.7. The lowest BCUT2D eigenvalue weighted by Crippen LogP contribution is -2.35. The average Bonchev–Trinajstić information content (AvgIpc) is 2.99. The van der Waals surface area contributed by atoms with Crippen molar-refractivity contribution in [3.8, 4) is 11.4 Å². The summed E-state index contributed by atoms with van der Waals surface area (Å²) in [6.07, 6.45) is 0. The molecule has 12 heteroatoms. The highest BCUT2D eigenvalue weighted by Gasteiger charge is 2.24. The van der Waals surface area contributed by atoms with E-state index in [1.54, 1.807) is 39.1 Å². The van der Waals surface area contributed by atoms with E-state index in [0.717, 1.165) is 0 Å². The zero-order chi connectivity index (χ0) is 19.6. The van der Waals surface area contributed by atoms with E-state index < -0.39 is 16.1 Å². The van der Waals surface area contributed by atoms with E-state index in [-0.39, 0.29) is 22.2 Å². The number of urea groups is 1. The van der Waals surface area contributed by atoms with Gasteiger partial charge in [0.15, 0.2) is 5.82 Å². The van der Waals surface area contributed by atoms with Gasteiger partial charge in [0.2, 0.25) is 5.95 Å². The van der Waals surface area contributed by atoms with E-state index in [9.17, 15) is 13.2 Å². The van der Waals surface area contributed by atoms with Crippen LogP contribution in [-0.2, 0) is 17.1 Å². The number of aromatic nitrogens is 6. The van der Waals surface area contributed by atoms with Gasteiger partial charge in [-0.2, -0.15) is 0 Å². The van der Waals surface area contributed by atoms with Crippen molar-refractivity contribution in [2.45, 2.75) is 18.7 Å². The second-order valence-electron chi connectivity index (χ2n) is 5.66. The van der Waals surface area contributed by atoms with Crippen LogP contribution in [0.15, 0.2) is 35.2 Å². The minimum absolute atomic E-state index is 0.00554. The topological polar surface area (TPSA) is 145 Å². The molecular formula is C15H16N8O3S. The monoisotopic (exact) mass is 388 g/mol. The number of hydrogen-bond acceptors (Lipinski definition) is 8. The van der Waals surface area contributed by atoms with E-state index in [0.29, 0.717) is 11.4 Å². The largest absolute Gasteiger partial charge is 0.335 e. The summed E-state index contributed by atoms with van der Waals surface area (Å²) < 4.78 is 28.7. The molecule has 0 fully saturated rings. The number of rotatable bonds is 4. The summed E-state index contributed by atoms with van der Waals surface area (Å²) in [7, 11) is -2.62. The van der Waals surface area contributed by atoms with Gasteiger partial charge < -0.3 is 0 Å². The highest BCUT2D eigenvalue weighted by Crippen LogP contribution is 2.24. The lowest BCUT2D eigenvalue weighted by atomic mass is 10.2. The third-order valence-corrected chi connectivity index (χ3v) is 4.86. The normalized spacial score (nSPS) is 11.2. The van der Waals surface area contributed by atoms with Crippen LogP contribution in [0.25, 0.3) is 11.4 Å². The quantitative estimate of drug-likeness (QED) is 0.667. The molecule has 11 nitrogen and oxygen atoms in total. The van der Waals surface area contributed by atoms with Crippen molar-refractivity contribution in [1.82, 2.24) is 34.9 Å². The van der Waals surface area contributed by atoms with E-state index in [4.69, 9.17) is 0 Å². The summed E-state index contributed by atoms with van der Waals surface area (Å²) in [6.45, 7) is 3.47. The molecule has 0 aliphatic heterocycles. The molecule has 2 N–H and O–H groups in total. The van der Waals surface area contributed by atoms with Gasteiger partial charge in [-0.25, -0.2) is 32.6 Å². The Hall–Kier alpha value is -3.41. The Kier molecular flexibility index (Phi) is 4.81. The number of nitrogens with zero attached hydrogens (tertiary/aromatic N) is 6. The molecule has 0 aliphatic rings. The first kappa shape index (κ1) is 18.4. The minimum Gasteiger partial charge on any atom is -0.275 e. The molecule has 2 aromatic heterocycles. The SMILES string of the molecule is Cc1cc(C)nc(NC(=O)NS(=O)(=O)c2ccccc2-c2nnnn2C)n1. The summed E-state index contributed by atoms with van der Waals surface area (Å²) in [6, 6.07) is 6.83. The first-order valence-electron chi connectivity index (χ1n) is 7.74. The molecular weight excluding hydrogens is 372 g/mol. The molecule has 0 saturated carbocycles. The molecule has 1 aromatic carbocycles. The van der Waals surface area contributed by atoms with Crippen molar-refractivity contribution < 1.29 is 13.2 Å². The number of carbonyl (C=O) groups excluding carboxylic acids is 1. The van der Waals surface area contributed by atoms with Gasteiger partial charge in [0.05, 0.1) is 4.90 Å². The van der Waals surface area contributed by atoms with Crippen molar-refractivity contribution >= 4 is 22.0 Å². The van der Waals surface area contributed by atoms with Crippen LogP contribution in [0.4, 0.5) is 10.7 Å². The van der Waals surface area contributed by atoms with Gasteiger partial charge >= 0.3 is 6.03 Å². The van der Waals surface area contributed by atoms with E-state index in [1.807, 2.05) is 4.72 Å². The highest BCUT2D eigenvalue weighted by atomic mass is 32.2. The van der Waals surface area contributed by atoms with Crippen molar-refractivity contribution in [3.63, 3.8) is 0 Å². The molecule has 2 amide bonds. The Morgan fingerprint density at radius 3 is 2.41 bits per heavy atom. The lowest BCUT2D eigenvalue weighted by Gasteiger charge is -2.11. The summed E-state index contributed by atoms with van der Waals surface area (Å²) >= 11 is 0. The molecule has 0 saturated heterocycles. The molecule has 27 heavy (non-hydrogen) atoms. The van der Waals surface area contributed by atoms with Crippen LogP contribution < -0.4 is 10.0 Å². The van der Waals surface area contributed by atoms with Gasteiger partial charge in [0.1, 0.15) is 0 Å². The number of aryl methyl sites for hydroxylation is 3. The van der Waals surface area contributed by atoms with Gasteiger partial charge in [-0.15, -0.1) is 5.10 Å². The van der Waals surface area contributed by atoms with Crippen LogP contribution in [-0.4, -0.2) is 44.6 Å². The summed E-state index contributed by atoms with van der Waals surface area (Å²) in [5.74, 6) is 0.250. The number of tetrazole rings is 1. The fourth-order valence-electron chi connectivity index (χ4n) is 2.43. The molecule has 0 aliphatic carbocycles. The zero-order valence-electron chi connectivity index (χ0n) is 14.7. The van der Waals surface area contributed by atoms with Crippen molar-refractivity contribution in [2.75, 3.05) is 5.32 Å². The van der Waals surface area contributed by atoms with E-state index >= 15 is 0 Å². The highest BCUT2D eigenvalue weighted by molar-refractivity contribution is 7.90. The Balaban J connectivity index is 1.87. The number of carbonyl (C=O) groups is 1. The predicted molar refractivity (Wildman–Crippen MR) is 95.1 cm³/mol. The van der Waals surface area contributed by atoms with Gasteiger partial charge in [0, 0.05) is 24.0 Å². The lowest BCUT2D eigenvalue weighted by molar-refractivity contribution is 0.256. The van der Waals surface area contributed by atoms with Crippen molar-refractivity contribution in [1.29, 1.82) is 0 Å². The minimum atomic E-state index is -4.20. The molecule has 3 rings (SSSR count). The molecule has 0 spiro atoms. The molecule has 3 aromatic rings. The predicted octanol–water partition coefficient (Wildman–Crippen LogP) is 0.794. The number of amides is 2. The second-order valence-corrected chi connectivity index (χ2v) is 7.31. The summed E-state index contributed by atoms with van der Waals surface area (Å²) in [5.41, 5.74) is 1.54. The number of hydrogen-bond donors (Lipinski definition) is 2. The summed E-state index contributed by atoms with van der Waals surface area (Å²) in [5, 5.41) is 13.3. The molecule has 0 atom stereocenters. The third-order valence-electron chi connectivity index (χ3n) is 3.47. The molecule has 0 unspecified atom stereocenters. The first-order valence-corrected chi connectivity index (χ1v) is 9.22. The zero-order valence-corrected chi connectivity index (χ0v) is 15.5. The smallest absolute Gasteiger partial charge is 0.275 e. The van der Waals surface area contributed by atoms with E-state index in [1.165, 1.54) is 16.8 Å². The number of sulfonamides is 1. The van der Waals surface area contributed by atoms with Crippen LogP contribution in [0.1, 0.15) is 11.4 Å². The Bertz CT molecular complexity index is 1090. The Labute approximate surface area is 154 Å². The van der Waals surface area contributed by atoms with Crippen molar-refractivity contribution in [3.05, 3.63) is 41.7 Å². The van der Waals surface area contributed by atoms with Crippen LogP contribution in [0, 0.1) is 13.8 Å². The number of benzene rings is 1. The standard InChI is InChI=1S/C15H16N8O3S/c1-9-8-10(2)17-14(16-9)18-15(24)20-27(25,26)12-7-5-4-6-11(12)13-19-21-22-23(13)3/h4-8H,1-3H3,(H2,16,17,18,20,24). The fraction of sp³-hybridized carbons (Fsp3) is 0.200. The van der Waals surface area contributed by atoms with Gasteiger partial charge in [0.25, 0.3) is 10.0 Å².